The van der Waals surface area contributed by atoms with Gasteiger partial charge in [0.15, 0.2) is 5.65 Å². The van der Waals surface area contributed by atoms with Crippen LogP contribution < -0.4 is 5.73 Å². The summed E-state index contributed by atoms with van der Waals surface area (Å²) in [4.78, 5) is 9.31. The van der Waals surface area contributed by atoms with Gasteiger partial charge in [-0.15, -0.1) is 0 Å². The number of aromatic nitrogens is 3. The number of thiocarbonyl (C=S) groups is 1. The fourth-order valence-corrected chi connectivity index (χ4v) is 2.16. The molecule has 0 aromatic carbocycles. The predicted octanol–water partition coefficient (Wildman–Crippen LogP) is 2.71. The van der Waals surface area contributed by atoms with E-state index in [1.807, 2.05) is 10.6 Å². The molecule has 0 aliphatic carbocycles. The van der Waals surface area contributed by atoms with Gasteiger partial charge in [0.2, 0.25) is 0 Å². The van der Waals surface area contributed by atoms with E-state index in [1.54, 1.807) is 6.20 Å². The van der Waals surface area contributed by atoms with E-state index in [4.69, 9.17) is 29.6 Å². The summed E-state index contributed by atoms with van der Waals surface area (Å²) in [6.07, 6.45) is 4.71. The van der Waals surface area contributed by atoms with Crippen molar-refractivity contribution in [1.82, 2.24) is 14.5 Å². The molecule has 0 radical (unpaired) electrons. The van der Waals surface area contributed by atoms with Crippen molar-refractivity contribution in [3.05, 3.63) is 23.1 Å². The van der Waals surface area contributed by atoms with Crippen LogP contribution in [0, 0.1) is 0 Å². The third-order valence-corrected chi connectivity index (χ3v) is 3.03. The minimum Gasteiger partial charge on any atom is -0.392 e. The number of imidazole rings is 1. The van der Waals surface area contributed by atoms with Gasteiger partial charge in [0.25, 0.3) is 0 Å². The van der Waals surface area contributed by atoms with Crippen LogP contribution in [0.4, 0.5) is 0 Å². The Balaban J connectivity index is 2.49. The lowest BCUT2D eigenvalue weighted by Gasteiger charge is -2.06. The predicted molar refractivity (Wildman–Crippen MR) is 77.9 cm³/mol. The Bertz CT molecular complexity index is 579. The second-order valence-corrected chi connectivity index (χ2v) is 5.14. The summed E-state index contributed by atoms with van der Waals surface area (Å²) in [5.41, 5.74) is 7.22. The zero-order chi connectivity index (χ0) is 13.1. The van der Waals surface area contributed by atoms with Crippen LogP contribution >= 0.6 is 23.8 Å². The van der Waals surface area contributed by atoms with Crippen LogP contribution in [-0.4, -0.2) is 19.5 Å². The Morgan fingerprint density at radius 3 is 3.00 bits per heavy atom. The minimum atomic E-state index is 0.434. The average Bonchev–Trinajstić information content (AvgIpc) is 2.63. The van der Waals surface area contributed by atoms with Crippen LogP contribution in [0.15, 0.2) is 12.3 Å². The van der Waals surface area contributed by atoms with Crippen LogP contribution in [0.2, 0.25) is 5.02 Å². The van der Waals surface area contributed by atoms with Gasteiger partial charge in [-0.2, -0.15) is 0 Å². The van der Waals surface area contributed by atoms with Crippen molar-refractivity contribution in [2.75, 3.05) is 0 Å². The van der Waals surface area contributed by atoms with Gasteiger partial charge in [0.05, 0.1) is 16.6 Å². The molecule has 2 rings (SSSR count). The molecule has 2 N–H and O–H groups in total. The summed E-state index contributed by atoms with van der Waals surface area (Å²) in [6, 6.07) is 1.81. The number of pyridine rings is 1. The zero-order valence-electron chi connectivity index (χ0n) is 10.2. The van der Waals surface area contributed by atoms with Gasteiger partial charge in [-0.05, 0) is 12.5 Å². The maximum atomic E-state index is 5.93. The maximum absolute atomic E-state index is 5.93. The van der Waals surface area contributed by atoms with Gasteiger partial charge in [0.1, 0.15) is 11.3 Å². The molecule has 2 aromatic rings. The lowest BCUT2D eigenvalue weighted by atomic mass is 10.2. The number of rotatable bonds is 5. The van der Waals surface area contributed by atoms with Gasteiger partial charge in [0, 0.05) is 12.6 Å². The molecular weight excluding hydrogens is 268 g/mol. The molecule has 0 unspecified atom stereocenters. The third kappa shape index (κ3) is 2.79. The van der Waals surface area contributed by atoms with Crippen molar-refractivity contribution in [2.45, 2.75) is 32.7 Å². The molecule has 96 valence electrons. The smallest absolute Gasteiger partial charge is 0.160 e. The number of hydrogen-bond donors (Lipinski definition) is 1. The number of nitrogens with zero attached hydrogens (tertiary/aromatic N) is 3. The first kappa shape index (κ1) is 13.2. The molecule has 0 amide bonds. The molecule has 2 heterocycles. The third-order valence-electron chi connectivity index (χ3n) is 2.70. The molecule has 0 saturated heterocycles. The summed E-state index contributed by atoms with van der Waals surface area (Å²) in [7, 11) is 0. The first-order valence-corrected chi connectivity index (χ1v) is 6.69. The maximum Gasteiger partial charge on any atom is 0.160 e. The molecule has 6 heteroatoms. The topological polar surface area (TPSA) is 56.7 Å². The second kappa shape index (κ2) is 5.63. The number of aryl methyl sites for hydroxylation is 1. The highest BCUT2D eigenvalue weighted by molar-refractivity contribution is 7.80. The van der Waals surface area contributed by atoms with E-state index in [1.165, 1.54) is 0 Å². The molecule has 0 aliphatic rings. The normalized spacial score (nSPS) is 11.0. The van der Waals surface area contributed by atoms with E-state index < -0.39 is 0 Å². The van der Waals surface area contributed by atoms with Crippen molar-refractivity contribution in [1.29, 1.82) is 0 Å². The average molecular weight is 283 g/mol. The van der Waals surface area contributed by atoms with Crippen molar-refractivity contribution in [3.8, 4) is 0 Å². The molecule has 18 heavy (non-hydrogen) atoms. The molecular formula is C12H15ClN4S. The standard InChI is InChI=1S/C12H15ClN4S/c1-2-3-4-11-16-9-5-8(13)6-15-12(9)17(11)7-10(14)18/h5-6H,2-4,7H2,1H3,(H2,14,18). The van der Waals surface area contributed by atoms with Gasteiger partial charge in [-0.25, -0.2) is 9.97 Å². The number of fused-ring (bicyclic) bond motifs is 1. The number of unbranched alkanes of at least 4 members (excludes halogenated alkanes) is 1. The Morgan fingerprint density at radius 1 is 1.56 bits per heavy atom. The quantitative estimate of drug-likeness (QED) is 0.857. The summed E-state index contributed by atoms with van der Waals surface area (Å²) in [5, 5.41) is 0.588. The Hall–Kier alpha value is -1.20. The number of hydrogen-bond acceptors (Lipinski definition) is 3. The van der Waals surface area contributed by atoms with Crippen molar-refractivity contribution >= 4 is 40.0 Å². The Morgan fingerprint density at radius 2 is 2.33 bits per heavy atom. The molecule has 4 nitrogen and oxygen atoms in total. The summed E-state index contributed by atoms with van der Waals surface area (Å²) < 4.78 is 1.98. The second-order valence-electron chi connectivity index (χ2n) is 4.18. The first-order chi connectivity index (χ1) is 8.61. The highest BCUT2D eigenvalue weighted by Gasteiger charge is 2.12. The minimum absolute atomic E-state index is 0.434. The SMILES string of the molecule is CCCCc1nc2cc(Cl)cnc2n1CC(N)=S. The molecule has 0 aliphatic heterocycles. The van der Waals surface area contributed by atoms with Crippen LogP contribution in [-0.2, 0) is 13.0 Å². The van der Waals surface area contributed by atoms with E-state index >= 15 is 0 Å². The molecule has 0 bridgehead atoms. The molecule has 0 saturated carbocycles. The summed E-state index contributed by atoms with van der Waals surface area (Å²) >= 11 is 10.9. The molecule has 0 atom stereocenters. The largest absolute Gasteiger partial charge is 0.392 e. The Labute approximate surface area is 116 Å². The van der Waals surface area contributed by atoms with E-state index in [0.29, 0.717) is 16.6 Å². The highest BCUT2D eigenvalue weighted by atomic mass is 35.5. The van der Waals surface area contributed by atoms with Crippen LogP contribution in [0.1, 0.15) is 25.6 Å². The number of halogens is 1. The van der Waals surface area contributed by atoms with E-state index in [0.717, 1.165) is 36.3 Å². The van der Waals surface area contributed by atoms with Gasteiger partial charge >= 0.3 is 0 Å². The fraction of sp³-hybridized carbons (Fsp3) is 0.417. The lowest BCUT2D eigenvalue weighted by molar-refractivity contribution is 0.704. The fourth-order valence-electron chi connectivity index (χ4n) is 1.88. The van der Waals surface area contributed by atoms with Gasteiger partial charge < -0.3 is 10.3 Å². The van der Waals surface area contributed by atoms with Crippen LogP contribution in [0.3, 0.4) is 0 Å². The van der Waals surface area contributed by atoms with Gasteiger partial charge in [-0.1, -0.05) is 37.2 Å². The van der Waals surface area contributed by atoms with Crippen molar-refractivity contribution < 1.29 is 0 Å². The van der Waals surface area contributed by atoms with Crippen molar-refractivity contribution in [2.24, 2.45) is 5.73 Å². The number of nitrogens with two attached hydrogens (primary N) is 1. The van der Waals surface area contributed by atoms with Crippen LogP contribution in [0.25, 0.3) is 11.2 Å². The molecule has 0 fully saturated rings. The summed E-state index contributed by atoms with van der Waals surface area (Å²) in [6.45, 7) is 2.62. The highest BCUT2D eigenvalue weighted by Crippen LogP contribution is 2.19. The van der Waals surface area contributed by atoms with E-state index in [2.05, 4.69) is 16.9 Å². The van der Waals surface area contributed by atoms with Gasteiger partial charge in [-0.3, -0.25) is 0 Å². The lowest BCUT2D eigenvalue weighted by Crippen LogP contribution is -2.18. The molecule has 2 aromatic heterocycles. The first-order valence-electron chi connectivity index (χ1n) is 5.90. The van der Waals surface area contributed by atoms with Crippen LogP contribution in [0.5, 0.6) is 0 Å². The van der Waals surface area contributed by atoms with Crippen molar-refractivity contribution in [3.63, 3.8) is 0 Å². The Kier molecular flexibility index (Phi) is 4.14. The molecule has 0 spiro atoms. The van der Waals surface area contributed by atoms with E-state index in [9.17, 15) is 0 Å². The zero-order valence-corrected chi connectivity index (χ0v) is 11.8. The van der Waals surface area contributed by atoms with E-state index in [-0.39, 0.29) is 0 Å². The summed E-state index contributed by atoms with van der Waals surface area (Å²) in [5.74, 6) is 0.967. The monoisotopic (exact) mass is 282 g/mol.